The first kappa shape index (κ1) is 20.0. The van der Waals surface area contributed by atoms with Crippen LogP contribution in [0.3, 0.4) is 0 Å². The SMILES string of the molecule is CC(C)COc1c(C(=O)NC2C3CC4CC(C3)CC2C4)cnn1/C=C/CC(=O)O. The molecule has 4 fully saturated rings. The van der Waals surface area contributed by atoms with Crippen molar-refractivity contribution in [3.8, 4) is 5.88 Å². The van der Waals surface area contributed by atoms with Crippen molar-refractivity contribution in [3.63, 3.8) is 0 Å². The fourth-order valence-electron chi connectivity index (χ4n) is 5.65. The second kappa shape index (κ2) is 8.20. The van der Waals surface area contributed by atoms with E-state index >= 15 is 0 Å². The molecular weight excluding hydrogens is 370 g/mol. The molecule has 7 nitrogen and oxygen atoms in total. The fourth-order valence-corrected chi connectivity index (χ4v) is 5.65. The molecule has 1 heterocycles. The molecule has 1 aromatic rings. The number of nitrogens with one attached hydrogen (secondary N) is 1. The highest BCUT2D eigenvalue weighted by atomic mass is 16.5. The van der Waals surface area contributed by atoms with Gasteiger partial charge in [0, 0.05) is 12.2 Å². The lowest BCUT2D eigenvalue weighted by atomic mass is 9.54. The summed E-state index contributed by atoms with van der Waals surface area (Å²) in [6, 6.07) is 0.249. The topological polar surface area (TPSA) is 93.5 Å². The second-order valence-electron chi connectivity index (χ2n) is 9.43. The van der Waals surface area contributed by atoms with Gasteiger partial charge < -0.3 is 15.2 Å². The Bertz CT molecular complexity index is 770. The Balaban J connectivity index is 1.50. The first-order valence-electron chi connectivity index (χ1n) is 10.8. The number of aliphatic carboxylic acids is 1. The van der Waals surface area contributed by atoms with Crippen molar-refractivity contribution in [1.82, 2.24) is 15.1 Å². The molecule has 0 unspecified atom stereocenters. The molecule has 4 bridgehead atoms. The fraction of sp³-hybridized carbons (Fsp3) is 0.682. The van der Waals surface area contributed by atoms with Crippen LogP contribution in [0.2, 0.25) is 0 Å². The molecule has 0 aliphatic heterocycles. The Morgan fingerprint density at radius 3 is 2.48 bits per heavy atom. The van der Waals surface area contributed by atoms with Crippen molar-refractivity contribution >= 4 is 18.1 Å². The zero-order chi connectivity index (χ0) is 20.5. The van der Waals surface area contributed by atoms with Crippen LogP contribution in [0.25, 0.3) is 6.20 Å². The van der Waals surface area contributed by atoms with E-state index in [4.69, 9.17) is 9.84 Å². The third kappa shape index (κ3) is 4.33. The van der Waals surface area contributed by atoms with E-state index in [9.17, 15) is 9.59 Å². The van der Waals surface area contributed by atoms with Crippen LogP contribution in [0.4, 0.5) is 0 Å². The van der Waals surface area contributed by atoms with E-state index in [2.05, 4.69) is 10.4 Å². The maximum Gasteiger partial charge on any atom is 0.307 e. The lowest BCUT2D eigenvalue weighted by Gasteiger charge is -2.54. The monoisotopic (exact) mass is 401 g/mol. The number of hydrogen-bond donors (Lipinski definition) is 2. The van der Waals surface area contributed by atoms with Crippen LogP contribution in [0, 0.1) is 29.6 Å². The first-order valence-corrected chi connectivity index (χ1v) is 10.8. The van der Waals surface area contributed by atoms with Gasteiger partial charge in [0.2, 0.25) is 5.88 Å². The smallest absolute Gasteiger partial charge is 0.307 e. The number of carbonyl (C=O) groups excluding carboxylic acids is 1. The minimum atomic E-state index is -0.919. The summed E-state index contributed by atoms with van der Waals surface area (Å²) in [6.07, 6.45) is 10.8. The molecule has 0 saturated heterocycles. The largest absolute Gasteiger partial charge is 0.481 e. The summed E-state index contributed by atoms with van der Waals surface area (Å²) in [4.78, 5) is 23.9. The average molecular weight is 402 g/mol. The Morgan fingerprint density at radius 2 is 1.90 bits per heavy atom. The first-order chi connectivity index (χ1) is 13.9. The summed E-state index contributed by atoms with van der Waals surface area (Å²) in [7, 11) is 0. The molecule has 4 aliphatic rings. The van der Waals surface area contributed by atoms with Crippen LogP contribution in [-0.2, 0) is 4.79 Å². The maximum atomic E-state index is 13.1. The highest BCUT2D eigenvalue weighted by Crippen LogP contribution is 2.53. The van der Waals surface area contributed by atoms with Crippen molar-refractivity contribution in [3.05, 3.63) is 17.8 Å². The maximum absolute atomic E-state index is 13.1. The summed E-state index contributed by atoms with van der Waals surface area (Å²) >= 11 is 0. The van der Waals surface area contributed by atoms with Crippen molar-refractivity contribution in [2.75, 3.05) is 6.61 Å². The molecule has 4 aliphatic carbocycles. The van der Waals surface area contributed by atoms with Gasteiger partial charge in [0.05, 0.1) is 19.2 Å². The Labute approximate surface area is 171 Å². The molecule has 0 atom stereocenters. The highest BCUT2D eigenvalue weighted by Gasteiger charge is 2.48. The van der Waals surface area contributed by atoms with E-state index in [0.717, 1.165) is 11.8 Å². The molecule has 7 heteroatoms. The molecule has 1 amide bonds. The third-order valence-electron chi connectivity index (χ3n) is 6.61. The lowest BCUT2D eigenvalue weighted by molar-refractivity contribution is -0.135. The van der Waals surface area contributed by atoms with Crippen LogP contribution < -0.4 is 10.1 Å². The van der Waals surface area contributed by atoms with Gasteiger partial charge in [0.15, 0.2) is 0 Å². The number of aromatic nitrogens is 2. The van der Waals surface area contributed by atoms with Crippen LogP contribution >= 0.6 is 0 Å². The number of nitrogens with zero attached hydrogens (tertiary/aromatic N) is 2. The minimum Gasteiger partial charge on any atom is -0.481 e. The Kier molecular flexibility index (Phi) is 5.65. The van der Waals surface area contributed by atoms with E-state index < -0.39 is 5.97 Å². The summed E-state index contributed by atoms with van der Waals surface area (Å²) in [5.74, 6) is 2.53. The number of rotatable bonds is 8. The molecule has 0 aromatic carbocycles. The van der Waals surface area contributed by atoms with Gasteiger partial charge in [-0.15, -0.1) is 0 Å². The Hall–Kier alpha value is -2.31. The second-order valence-corrected chi connectivity index (χ2v) is 9.43. The highest BCUT2D eigenvalue weighted by molar-refractivity contribution is 5.96. The normalized spacial score (nSPS) is 30.2. The predicted octanol–water partition coefficient (Wildman–Crippen LogP) is 3.42. The summed E-state index contributed by atoms with van der Waals surface area (Å²) in [6.45, 7) is 4.53. The van der Waals surface area contributed by atoms with Crippen LogP contribution in [0.1, 0.15) is 62.7 Å². The number of carboxylic acid groups (broad SMARTS) is 1. The summed E-state index contributed by atoms with van der Waals surface area (Å²) < 4.78 is 7.35. The van der Waals surface area contributed by atoms with E-state index in [0.29, 0.717) is 35.8 Å². The van der Waals surface area contributed by atoms with E-state index in [1.54, 1.807) is 6.20 Å². The molecule has 2 N–H and O–H groups in total. The van der Waals surface area contributed by atoms with Gasteiger partial charge in [-0.2, -0.15) is 5.10 Å². The zero-order valence-corrected chi connectivity index (χ0v) is 17.2. The van der Waals surface area contributed by atoms with Crippen molar-refractivity contribution < 1.29 is 19.4 Å². The van der Waals surface area contributed by atoms with Gasteiger partial charge in [-0.1, -0.05) is 19.9 Å². The van der Waals surface area contributed by atoms with Crippen molar-refractivity contribution in [2.24, 2.45) is 29.6 Å². The number of carbonyl (C=O) groups is 2. The zero-order valence-electron chi connectivity index (χ0n) is 17.2. The molecule has 5 rings (SSSR count). The molecule has 1 aromatic heterocycles. The lowest BCUT2D eigenvalue weighted by Crippen LogP contribution is -2.55. The molecule has 0 radical (unpaired) electrons. The number of hydrogen-bond acceptors (Lipinski definition) is 4. The van der Waals surface area contributed by atoms with E-state index in [1.165, 1.54) is 49.1 Å². The minimum absolute atomic E-state index is 0.112. The van der Waals surface area contributed by atoms with E-state index in [-0.39, 0.29) is 18.4 Å². The number of ether oxygens (including phenoxy) is 1. The number of amides is 1. The average Bonchev–Trinajstić information content (AvgIpc) is 3.05. The third-order valence-corrected chi connectivity index (χ3v) is 6.61. The van der Waals surface area contributed by atoms with Gasteiger partial charge in [-0.05, 0) is 61.7 Å². The number of carboxylic acids is 1. The van der Waals surface area contributed by atoms with Gasteiger partial charge in [0.25, 0.3) is 5.91 Å². The van der Waals surface area contributed by atoms with E-state index in [1.807, 2.05) is 13.8 Å². The summed E-state index contributed by atoms with van der Waals surface area (Å²) in [5.41, 5.74) is 0.416. The van der Waals surface area contributed by atoms with Gasteiger partial charge in [0.1, 0.15) is 5.56 Å². The Morgan fingerprint density at radius 1 is 1.24 bits per heavy atom. The predicted molar refractivity (Wildman–Crippen MR) is 108 cm³/mol. The van der Waals surface area contributed by atoms with Crippen LogP contribution in [0.15, 0.2) is 12.3 Å². The molecule has 0 spiro atoms. The van der Waals surface area contributed by atoms with Gasteiger partial charge in [-0.3, -0.25) is 9.59 Å². The summed E-state index contributed by atoms with van der Waals surface area (Å²) in [5, 5.41) is 16.4. The standard InChI is InChI=1S/C22H31N3O4/c1-13(2)12-29-22-18(11-23-25(22)5-3-4-19(26)27)21(28)24-20-16-7-14-6-15(9-16)10-17(20)8-14/h3,5,11,13-17,20H,4,6-10,12H2,1-2H3,(H,24,28)(H,26,27)/b5-3+. The van der Waals surface area contributed by atoms with Crippen LogP contribution in [0.5, 0.6) is 5.88 Å². The molecule has 4 saturated carbocycles. The van der Waals surface area contributed by atoms with Crippen molar-refractivity contribution in [1.29, 1.82) is 0 Å². The quantitative estimate of drug-likeness (QED) is 0.696. The van der Waals surface area contributed by atoms with Crippen LogP contribution in [-0.4, -0.2) is 39.4 Å². The van der Waals surface area contributed by atoms with Crippen molar-refractivity contribution in [2.45, 2.75) is 58.4 Å². The molecule has 158 valence electrons. The van der Waals surface area contributed by atoms with Gasteiger partial charge in [-0.25, -0.2) is 4.68 Å². The molecular formula is C22H31N3O4. The molecule has 29 heavy (non-hydrogen) atoms. The van der Waals surface area contributed by atoms with Gasteiger partial charge >= 0.3 is 5.97 Å².